The van der Waals surface area contributed by atoms with E-state index >= 15 is 0 Å². The van der Waals surface area contributed by atoms with Crippen molar-refractivity contribution < 1.29 is 8.42 Å². The largest absolute Gasteiger partial charge is 0.313 e. The monoisotopic (exact) mass is 334 g/mol. The molecule has 0 heterocycles. The summed E-state index contributed by atoms with van der Waals surface area (Å²) in [6.07, 6.45) is 0. The van der Waals surface area contributed by atoms with Crippen molar-refractivity contribution in [1.82, 2.24) is 10.0 Å². The van der Waals surface area contributed by atoms with Crippen LogP contribution < -0.4 is 10.0 Å². The highest BCUT2D eigenvalue weighted by Crippen LogP contribution is 2.18. The number of hydrogen-bond acceptors (Lipinski definition) is 3. The van der Waals surface area contributed by atoms with Crippen LogP contribution in [0.5, 0.6) is 0 Å². The van der Waals surface area contributed by atoms with E-state index in [1.54, 1.807) is 12.1 Å². The first-order valence-corrected chi connectivity index (χ1v) is 8.13. The maximum atomic E-state index is 12.1. The van der Waals surface area contributed by atoms with Crippen LogP contribution in [0, 0.1) is 6.92 Å². The quantitative estimate of drug-likeness (QED) is 0.836. The number of likely N-dealkylation sites (N-methyl/N-ethyl adjacent to an activating group) is 1. The van der Waals surface area contributed by atoms with E-state index in [2.05, 4.69) is 26.0 Å². The van der Waals surface area contributed by atoms with Gasteiger partial charge in [-0.1, -0.05) is 22.9 Å². The molecule has 1 aromatic carbocycles. The molecule has 0 amide bonds. The molecule has 1 aromatic rings. The van der Waals surface area contributed by atoms with E-state index in [0.717, 1.165) is 16.6 Å². The first-order chi connectivity index (χ1) is 8.35. The zero-order valence-corrected chi connectivity index (χ0v) is 13.2. The molecule has 0 bridgehead atoms. The van der Waals surface area contributed by atoms with Crippen LogP contribution >= 0.6 is 15.9 Å². The molecular formula is C12H19BrN2O2S. The van der Waals surface area contributed by atoms with Crippen LogP contribution in [0.15, 0.2) is 27.6 Å². The smallest absolute Gasteiger partial charge is 0.240 e. The molecule has 1 rings (SSSR count). The minimum atomic E-state index is -3.44. The number of benzene rings is 1. The van der Waals surface area contributed by atoms with Crippen LogP contribution in [-0.4, -0.2) is 27.5 Å². The van der Waals surface area contributed by atoms with Gasteiger partial charge in [-0.15, -0.1) is 0 Å². The molecule has 6 heteroatoms. The van der Waals surface area contributed by atoms with Crippen molar-refractivity contribution in [3.05, 3.63) is 28.2 Å². The molecule has 0 aliphatic rings. The van der Waals surface area contributed by atoms with Gasteiger partial charge in [0.05, 0.1) is 4.90 Å². The van der Waals surface area contributed by atoms with E-state index in [0.29, 0.717) is 6.54 Å². The Morgan fingerprint density at radius 1 is 1.33 bits per heavy atom. The lowest BCUT2D eigenvalue weighted by atomic mass is 10.2. The molecule has 0 unspecified atom stereocenters. The lowest BCUT2D eigenvalue weighted by Gasteiger charge is -2.14. The molecule has 0 saturated carbocycles. The predicted octanol–water partition coefficient (Wildman–Crippen LogP) is 2.03. The molecule has 1 atom stereocenters. The number of hydrogen-bond donors (Lipinski definition) is 2. The average molecular weight is 335 g/mol. The van der Waals surface area contributed by atoms with Crippen molar-refractivity contribution in [3.8, 4) is 0 Å². The molecule has 0 aliphatic heterocycles. The Hall–Kier alpha value is -0.430. The van der Waals surface area contributed by atoms with E-state index in [-0.39, 0.29) is 10.9 Å². The fourth-order valence-electron chi connectivity index (χ4n) is 1.60. The van der Waals surface area contributed by atoms with Crippen molar-refractivity contribution in [2.45, 2.75) is 31.7 Å². The summed E-state index contributed by atoms with van der Waals surface area (Å²) < 4.78 is 27.5. The molecule has 18 heavy (non-hydrogen) atoms. The number of rotatable bonds is 6. The van der Waals surface area contributed by atoms with Crippen LogP contribution in [0.25, 0.3) is 0 Å². The van der Waals surface area contributed by atoms with Gasteiger partial charge in [-0.2, -0.15) is 0 Å². The van der Waals surface area contributed by atoms with Gasteiger partial charge in [-0.3, -0.25) is 0 Å². The molecular weight excluding hydrogens is 316 g/mol. The van der Waals surface area contributed by atoms with Gasteiger partial charge in [-0.25, -0.2) is 13.1 Å². The summed E-state index contributed by atoms with van der Waals surface area (Å²) in [6.45, 7) is 6.99. The minimum Gasteiger partial charge on any atom is -0.313 e. The zero-order valence-electron chi connectivity index (χ0n) is 10.8. The Morgan fingerprint density at radius 3 is 2.56 bits per heavy atom. The Labute approximate surface area is 117 Å². The Balaban J connectivity index is 2.80. The normalized spacial score (nSPS) is 13.6. The predicted molar refractivity (Wildman–Crippen MR) is 77.2 cm³/mol. The summed E-state index contributed by atoms with van der Waals surface area (Å²) >= 11 is 3.31. The molecule has 0 spiro atoms. The van der Waals surface area contributed by atoms with E-state index in [1.807, 2.05) is 26.8 Å². The van der Waals surface area contributed by atoms with Crippen LogP contribution in [0.3, 0.4) is 0 Å². The van der Waals surface area contributed by atoms with Crippen molar-refractivity contribution in [2.75, 3.05) is 13.1 Å². The zero-order chi connectivity index (χ0) is 13.8. The summed E-state index contributed by atoms with van der Waals surface area (Å²) in [5, 5.41) is 3.16. The molecule has 0 saturated heterocycles. The van der Waals surface area contributed by atoms with Crippen molar-refractivity contribution in [3.63, 3.8) is 0 Å². The first kappa shape index (κ1) is 15.6. The Bertz CT molecular complexity index is 483. The van der Waals surface area contributed by atoms with Gasteiger partial charge in [0.1, 0.15) is 0 Å². The van der Waals surface area contributed by atoms with Crippen LogP contribution in [0.2, 0.25) is 0 Å². The molecule has 0 radical (unpaired) electrons. The highest BCUT2D eigenvalue weighted by Gasteiger charge is 2.15. The fraction of sp³-hybridized carbons (Fsp3) is 0.500. The SMILES string of the molecule is CCN[C@H](C)CNS(=O)(=O)c1cc(C)cc(Br)c1. The van der Waals surface area contributed by atoms with Crippen molar-refractivity contribution >= 4 is 26.0 Å². The van der Waals surface area contributed by atoms with Crippen molar-refractivity contribution in [1.29, 1.82) is 0 Å². The van der Waals surface area contributed by atoms with Gasteiger partial charge in [0.2, 0.25) is 10.0 Å². The Morgan fingerprint density at radius 2 is 2.00 bits per heavy atom. The summed E-state index contributed by atoms with van der Waals surface area (Å²) in [6, 6.07) is 5.25. The maximum absolute atomic E-state index is 12.1. The minimum absolute atomic E-state index is 0.109. The van der Waals surface area contributed by atoms with Crippen LogP contribution in [-0.2, 0) is 10.0 Å². The maximum Gasteiger partial charge on any atom is 0.240 e. The van der Waals surface area contributed by atoms with E-state index in [9.17, 15) is 8.42 Å². The van der Waals surface area contributed by atoms with Crippen LogP contribution in [0.1, 0.15) is 19.4 Å². The summed E-state index contributed by atoms with van der Waals surface area (Å²) in [4.78, 5) is 0.290. The molecule has 0 fully saturated rings. The van der Waals surface area contributed by atoms with Crippen molar-refractivity contribution in [2.24, 2.45) is 0 Å². The Kier molecular flexibility index (Phi) is 5.78. The molecule has 2 N–H and O–H groups in total. The molecule has 0 aromatic heterocycles. The summed E-state index contributed by atoms with van der Waals surface area (Å²) in [5.41, 5.74) is 0.907. The van der Waals surface area contributed by atoms with Gasteiger partial charge >= 0.3 is 0 Å². The number of sulfonamides is 1. The molecule has 4 nitrogen and oxygen atoms in total. The highest BCUT2D eigenvalue weighted by atomic mass is 79.9. The lowest BCUT2D eigenvalue weighted by molar-refractivity contribution is 0.536. The standard InChI is InChI=1S/C12H19BrN2O2S/c1-4-14-10(3)8-15-18(16,17)12-6-9(2)5-11(13)7-12/h5-7,10,14-15H,4,8H2,1-3H3/t10-/m1/s1. The third kappa shape index (κ3) is 4.68. The third-order valence-electron chi connectivity index (χ3n) is 2.46. The lowest BCUT2D eigenvalue weighted by Crippen LogP contribution is -2.38. The second-order valence-electron chi connectivity index (χ2n) is 4.27. The van der Waals surface area contributed by atoms with Crippen LogP contribution in [0.4, 0.5) is 0 Å². The highest BCUT2D eigenvalue weighted by molar-refractivity contribution is 9.10. The fourth-order valence-corrected chi connectivity index (χ4v) is 3.62. The van der Waals surface area contributed by atoms with Gasteiger partial charge in [0, 0.05) is 17.1 Å². The van der Waals surface area contributed by atoms with Gasteiger partial charge in [-0.05, 0) is 44.2 Å². The van der Waals surface area contributed by atoms with E-state index < -0.39 is 10.0 Å². The third-order valence-corrected chi connectivity index (χ3v) is 4.32. The first-order valence-electron chi connectivity index (χ1n) is 5.85. The number of halogens is 1. The summed E-state index contributed by atoms with van der Waals surface area (Å²) in [7, 11) is -3.44. The van der Waals surface area contributed by atoms with E-state index in [4.69, 9.17) is 0 Å². The summed E-state index contributed by atoms with van der Waals surface area (Å²) in [5.74, 6) is 0. The van der Waals surface area contributed by atoms with Gasteiger partial charge in [0.15, 0.2) is 0 Å². The molecule has 0 aliphatic carbocycles. The second-order valence-corrected chi connectivity index (χ2v) is 6.96. The van der Waals surface area contributed by atoms with E-state index in [1.165, 1.54) is 0 Å². The average Bonchev–Trinajstić information content (AvgIpc) is 2.26. The molecule has 102 valence electrons. The number of nitrogens with one attached hydrogen (secondary N) is 2. The number of aryl methyl sites for hydroxylation is 1. The van der Waals surface area contributed by atoms with Gasteiger partial charge in [0.25, 0.3) is 0 Å². The second kappa shape index (κ2) is 6.65. The topological polar surface area (TPSA) is 58.2 Å². The van der Waals surface area contributed by atoms with Gasteiger partial charge < -0.3 is 5.32 Å².